The number of hydrogen-bond donors (Lipinski definition) is 1. The van der Waals surface area contributed by atoms with Gasteiger partial charge in [-0.3, -0.25) is 0 Å². The van der Waals surface area contributed by atoms with Crippen molar-refractivity contribution in [2.24, 2.45) is 0 Å². The van der Waals surface area contributed by atoms with E-state index in [1.54, 1.807) is 24.5 Å². The average molecular weight is 316 g/mol. The smallest absolute Gasteiger partial charge is 0.265 e. The number of thiazole rings is 1. The van der Waals surface area contributed by atoms with Gasteiger partial charge in [0.25, 0.3) is 5.75 Å². The molecule has 6 heteroatoms. The summed E-state index contributed by atoms with van der Waals surface area (Å²) >= 11 is 1.54. The van der Waals surface area contributed by atoms with Crippen LogP contribution in [-0.2, 0) is 0 Å². The summed E-state index contributed by atoms with van der Waals surface area (Å²) in [4.78, 5) is 9.17. The molecule has 0 aliphatic heterocycles. The van der Waals surface area contributed by atoms with Crippen molar-refractivity contribution >= 4 is 27.4 Å². The zero-order chi connectivity index (χ0) is 15.7. The van der Waals surface area contributed by atoms with Gasteiger partial charge in [-0.05, 0) is 26.0 Å². The van der Waals surface area contributed by atoms with Crippen LogP contribution in [0.2, 0.25) is 0 Å². The molecule has 0 aliphatic carbocycles. The number of pyridine rings is 1. The van der Waals surface area contributed by atoms with E-state index in [0.29, 0.717) is 17.5 Å². The molecule has 3 rings (SSSR count). The highest BCUT2D eigenvalue weighted by Gasteiger charge is 2.13. The second-order valence-corrected chi connectivity index (χ2v) is 6.13. The number of nitrogens with one attached hydrogen (secondary N) is 1. The molecule has 1 aromatic carbocycles. The van der Waals surface area contributed by atoms with Crippen LogP contribution in [0.15, 0.2) is 29.6 Å². The minimum Gasteiger partial charge on any atom is -0.593 e. The number of methoxy groups -OCH3 is 1. The molecule has 0 bridgehead atoms. The van der Waals surface area contributed by atoms with Gasteiger partial charge in [0, 0.05) is 17.5 Å². The maximum atomic E-state index is 8.18. The van der Waals surface area contributed by atoms with Gasteiger partial charge in [0.2, 0.25) is 0 Å². The second kappa shape index (κ2) is 5.81. The molecule has 0 atom stereocenters. The van der Waals surface area contributed by atoms with Gasteiger partial charge in [0.05, 0.1) is 29.8 Å². The predicted octanol–water partition coefficient (Wildman–Crippen LogP) is 3.63. The normalized spacial score (nSPS) is 11.1. The van der Waals surface area contributed by atoms with Crippen molar-refractivity contribution in [2.45, 2.75) is 19.9 Å². The van der Waals surface area contributed by atoms with E-state index in [1.165, 1.54) is 0 Å². The van der Waals surface area contributed by atoms with Crippen molar-refractivity contribution in [3.8, 4) is 22.9 Å². The van der Waals surface area contributed by atoms with Crippen LogP contribution in [0.4, 0.5) is 5.13 Å². The Labute approximate surface area is 132 Å². The molecule has 0 saturated carbocycles. The first-order valence-corrected chi connectivity index (χ1v) is 7.87. The quantitative estimate of drug-likeness (QED) is 0.746. The number of aromatic nitrogens is 2. The van der Waals surface area contributed by atoms with Gasteiger partial charge < -0.3 is 15.2 Å². The third-order valence-electron chi connectivity index (χ3n) is 3.20. The zero-order valence-electron chi connectivity index (χ0n) is 12.7. The van der Waals surface area contributed by atoms with E-state index in [9.17, 15) is 0 Å². The van der Waals surface area contributed by atoms with Crippen LogP contribution in [0.1, 0.15) is 13.8 Å². The Balaban J connectivity index is 2.05. The lowest BCUT2D eigenvalue weighted by Gasteiger charge is -2.05. The average Bonchev–Trinajstić information content (AvgIpc) is 2.94. The Morgan fingerprint density at radius 1 is 1.18 bits per heavy atom. The number of benzene rings is 1. The molecule has 0 aliphatic rings. The Hall–Kier alpha value is -2.34. The van der Waals surface area contributed by atoms with E-state index < -0.39 is 0 Å². The van der Waals surface area contributed by atoms with Gasteiger partial charge in [-0.25, -0.2) is 9.97 Å². The Morgan fingerprint density at radius 3 is 2.73 bits per heavy atom. The summed E-state index contributed by atoms with van der Waals surface area (Å²) in [6.07, 6.45) is 0. The molecule has 0 spiro atoms. The molecule has 0 amide bonds. The van der Waals surface area contributed by atoms with Gasteiger partial charge in [-0.1, -0.05) is 0 Å². The third-order valence-corrected chi connectivity index (χ3v) is 3.97. The van der Waals surface area contributed by atoms with Crippen molar-refractivity contribution in [3.63, 3.8) is 0 Å². The molecule has 3 N–H and O–H groups in total. The van der Waals surface area contributed by atoms with Crippen LogP contribution in [-0.4, -0.2) is 28.2 Å². The standard InChI is InChI=1S/C16H17N3O2S/c1-9(2)17-16-19-14(8-22-16)13-7-15(20)11-5-4-10(21-3)6-12(11)18-13/h4-9H,1-3H3,(H,17,19)(H,18,20)/p+1. The minimum absolute atomic E-state index is 0.333. The first kappa shape index (κ1) is 14.6. The van der Waals surface area contributed by atoms with Crippen LogP contribution < -0.4 is 10.1 Å². The number of anilines is 1. The summed E-state index contributed by atoms with van der Waals surface area (Å²) in [6, 6.07) is 7.63. The van der Waals surface area contributed by atoms with Crippen molar-refractivity contribution < 1.29 is 9.84 Å². The van der Waals surface area contributed by atoms with E-state index in [0.717, 1.165) is 27.5 Å². The van der Waals surface area contributed by atoms with E-state index in [2.05, 4.69) is 29.1 Å². The summed E-state index contributed by atoms with van der Waals surface area (Å²) in [5.74, 6) is 1.17. The maximum Gasteiger partial charge on any atom is 0.265 e. The fourth-order valence-corrected chi connectivity index (χ4v) is 3.02. The van der Waals surface area contributed by atoms with Gasteiger partial charge in [-0.15, -0.1) is 11.3 Å². The fraction of sp³-hybridized carbons (Fsp3) is 0.250. The number of rotatable bonds is 4. The lowest BCUT2D eigenvalue weighted by atomic mass is 10.1. The predicted molar refractivity (Wildman–Crippen MR) is 91.2 cm³/mol. The van der Waals surface area contributed by atoms with Crippen molar-refractivity contribution in [3.05, 3.63) is 29.6 Å². The van der Waals surface area contributed by atoms with Crippen LogP contribution in [0.25, 0.3) is 22.3 Å². The molecule has 114 valence electrons. The van der Waals surface area contributed by atoms with Gasteiger partial charge in [0.15, 0.2) is 5.13 Å². The Morgan fingerprint density at radius 2 is 2.00 bits per heavy atom. The summed E-state index contributed by atoms with van der Waals surface area (Å²) in [7, 11) is 1.62. The van der Waals surface area contributed by atoms with Gasteiger partial charge in [-0.2, -0.15) is 0 Å². The SMILES string of the molecule is COc1ccc2c([OH2+])cc(-c3csc(NC(C)C)n3)nc2c1. The maximum absolute atomic E-state index is 8.18. The summed E-state index contributed by atoms with van der Waals surface area (Å²) in [5.41, 5.74) is 2.23. The first-order chi connectivity index (χ1) is 10.6. The van der Waals surface area contributed by atoms with Crippen LogP contribution in [0.3, 0.4) is 0 Å². The molecule has 0 radical (unpaired) electrons. The van der Waals surface area contributed by atoms with Crippen molar-refractivity contribution in [1.82, 2.24) is 9.97 Å². The fourth-order valence-electron chi connectivity index (χ4n) is 2.17. The highest BCUT2D eigenvalue weighted by Crippen LogP contribution is 2.32. The van der Waals surface area contributed by atoms with Crippen LogP contribution in [0.5, 0.6) is 11.5 Å². The lowest BCUT2D eigenvalue weighted by molar-refractivity contribution is 0.415. The van der Waals surface area contributed by atoms with Crippen molar-refractivity contribution in [1.29, 1.82) is 0 Å². The molecular weight excluding hydrogens is 298 g/mol. The third kappa shape index (κ3) is 2.82. The Bertz CT molecular complexity index is 814. The van der Waals surface area contributed by atoms with E-state index in [-0.39, 0.29) is 0 Å². The monoisotopic (exact) mass is 316 g/mol. The Kier molecular flexibility index (Phi) is 3.85. The number of hydrogen-bond acceptors (Lipinski definition) is 5. The topological polar surface area (TPSA) is 69.9 Å². The van der Waals surface area contributed by atoms with E-state index in [4.69, 9.17) is 9.84 Å². The highest BCUT2D eigenvalue weighted by atomic mass is 32.1. The molecule has 0 saturated heterocycles. The summed E-state index contributed by atoms with van der Waals surface area (Å²) in [5, 5.41) is 15.1. The van der Waals surface area contributed by atoms with Crippen molar-refractivity contribution in [2.75, 3.05) is 12.4 Å². The molecule has 2 heterocycles. The number of ether oxygens (including phenoxy) is 1. The molecule has 3 aromatic rings. The highest BCUT2D eigenvalue weighted by molar-refractivity contribution is 7.14. The lowest BCUT2D eigenvalue weighted by Crippen LogP contribution is -2.09. The molecule has 0 fully saturated rings. The van der Waals surface area contributed by atoms with Crippen LogP contribution in [0, 0.1) is 0 Å². The second-order valence-electron chi connectivity index (χ2n) is 5.28. The largest absolute Gasteiger partial charge is 0.593 e. The minimum atomic E-state index is 0.333. The van der Waals surface area contributed by atoms with Gasteiger partial charge >= 0.3 is 0 Å². The summed E-state index contributed by atoms with van der Waals surface area (Å²) < 4.78 is 5.23. The molecule has 5 nitrogen and oxygen atoms in total. The molecule has 22 heavy (non-hydrogen) atoms. The van der Waals surface area contributed by atoms with Gasteiger partial charge in [0.1, 0.15) is 11.4 Å². The number of fused-ring (bicyclic) bond motifs is 1. The molecular formula is C16H18N3O2S+. The van der Waals surface area contributed by atoms with Crippen LogP contribution >= 0.6 is 11.3 Å². The summed E-state index contributed by atoms with van der Waals surface area (Å²) in [6.45, 7) is 4.15. The zero-order valence-corrected chi connectivity index (χ0v) is 13.5. The van der Waals surface area contributed by atoms with E-state index in [1.807, 2.05) is 23.6 Å². The number of nitrogens with zero attached hydrogens (tertiary/aromatic N) is 2. The first-order valence-electron chi connectivity index (χ1n) is 6.99. The van der Waals surface area contributed by atoms with E-state index >= 15 is 0 Å². The molecule has 0 unspecified atom stereocenters. The molecule has 2 aromatic heterocycles.